The second-order valence-electron chi connectivity index (χ2n) is 8.06. The van der Waals surface area contributed by atoms with Gasteiger partial charge in [0.05, 0.1) is 50.6 Å². The second-order valence-corrected chi connectivity index (χ2v) is 8.06. The zero-order valence-electron chi connectivity index (χ0n) is 20.5. The summed E-state index contributed by atoms with van der Waals surface area (Å²) in [4.78, 5) is 25.8. The van der Waals surface area contributed by atoms with Gasteiger partial charge in [-0.1, -0.05) is 24.3 Å². The third kappa shape index (κ3) is 6.35. The fourth-order valence-electron chi connectivity index (χ4n) is 3.57. The summed E-state index contributed by atoms with van der Waals surface area (Å²) in [6.45, 7) is 2.63. The van der Waals surface area contributed by atoms with Gasteiger partial charge in [0.15, 0.2) is 11.5 Å². The van der Waals surface area contributed by atoms with Crippen LogP contribution in [0.4, 0.5) is 0 Å². The van der Waals surface area contributed by atoms with Crippen molar-refractivity contribution in [3.05, 3.63) is 95.6 Å². The van der Waals surface area contributed by atoms with Crippen LogP contribution in [0.15, 0.2) is 73.1 Å². The number of hydrogen-bond acceptors (Lipinski definition) is 7. The number of pyridine rings is 1. The van der Waals surface area contributed by atoms with Gasteiger partial charge in [-0.05, 0) is 42.8 Å². The van der Waals surface area contributed by atoms with Crippen molar-refractivity contribution in [1.29, 1.82) is 0 Å². The molecule has 0 saturated carbocycles. The minimum absolute atomic E-state index is 0.193. The Hall–Kier alpha value is -4.46. The molecule has 1 amide bonds. The van der Waals surface area contributed by atoms with Crippen molar-refractivity contribution in [1.82, 2.24) is 20.3 Å². The number of carbonyl (C=O) groups excluding carboxylic acids is 1. The van der Waals surface area contributed by atoms with Gasteiger partial charge < -0.3 is 19.5 Å². The molecule has 0 atom stereocenters. The van der Waals surface area contributed by atoms with Crippen molar-refractivity contribution in [3.8, 4) is 28.6 Å². The van der Waals surface area contributed by atoms with Crippen LogP contribution in [0.1, 0.15) is 27.3 Å². The Morgan fingerprint density at radius 1 is 0.917 bits per heavy atom. The number of carbonyl (C=O) groups is 1. The van der Waals surface area contributed by atoms with Gasteiger partial charge in [0, 0.05) is 29.8 Å². The van der Waals surface area contributed by atoms with Gasteiger partial charge in [-0.25, -0.2) is 4.98 Å². The van der Waals surface area contributed by atoms with E-state index in [1.165, 1.54) is 0 Å². The molecule has 0 saturated heterocycles. The second kappa shape index (κ2) is 11.8. The Morgan fingerprint density at radius 3 is 2.53 bits per heavy atom. The molecule has 2 heterocycles. The maximum Gasteiger partial charge on any atom is 0.251 e. The Kier molecular flexibility index (Phi) is 8.08. The summed E-state index contributed by atoms with van der Waals surface area (Å²) in [5, 5.41) is 2.88. The van der Waals surface area contributed by atoms with Crippen molar-refractivity contribution in [3.63, 3.8) is 0 Å². The monoisotopic (exact) mass is 484 g/mol. The Bertz CT molecular complexity index is 1330. The number of benzene rings is 2. The highest BCUT2D eigenvalue weighted by molar-refractivity contribution is 5.95. The normalized spacial score (nSPS) is 10.5. The van der Waals surface area contributed by atoms with E-state index in [4.69, 9.17) is 14.2 Å². The van der Waals surface area contributed by atoms with Crippen molar-refractivity contribution in [2.45, 2.75) is 19.9 Å². The molecule has 0 unspecified atom stereocenters. The Morgan fingerprint density at radius 2 is 1.75 bits per heavy atom. The predicted octanol–water partition coefficient (Wildman–Crippen LogP) is 4.42. The number of hydrogen-bond donors (Lipinski definition) is 1. The highest BCUT2D eigenvalue weighted by atomic mass is 16.5. The number of nitrogens with one attached hydrogen (secondary N) is 1. The third-order valence-corrected chi connectivity index (χ3v) is 5.50. The van der Waals surface area contributed by atoms with Crippen molar-refractivity contribution < 1.29 is 19.0 Å². The van der Waals surface area contributed by atoms with E-state index in [2.05, 4.69) is 20.3 Å². The molecule has 0 aliphatic carbocycles. The maximum atomic E-state index is 12.7. The van der Waals surface area contributed by atoms with Gasteiger partial charge in [-0.2, -0.15) is 0 Å². The molecule has 4 rings (SSSR count). The molecule has 0 spiro atoms. The van der Waals surface area contributed by atoms with E-state index in [1.807, 2.05) is 61.5 Å². The van der Waals surface area contributed by atoms with Crippen LogP contribution in [-0.2, 0) is 13.0 Å². The standard InChI is InChI=1S/C28H28N4O4/c1-19-16-30-23(17-29-19)18-31-28(33)22-7-4-6-21(15-22)24-8-5-9-27(32-24)36-13-12-20-10-11-25(34-2)26(14-20)35-3/h4-11,14-17H,12-13,18H2,1-3H3,(H,31,33). The number of methoxy groups -OCH3 is 2. The average molecular weight is 485 g/mol. The minimum atomic E-state index is -0.193. The number of aryl methyl sites for hydroxylation is 1. The fraction of sp³-hybridized carbons (Fsp3) is 0.214. The van der Waals surface area contributed by atoms with Gasteiger partial charge in [0.1, 0.15) is 0 Å². The number of rotatable bonds is 10. The number of nitrogens with zero attached hydrogens (tertiary/aromatic N) is 3. The maximum absolute atomic E-state index is 12.7. The summed E-state index contributed by atoms with van der Waals surface area (Å²) in [7, 11) is 3.23. The van der Waals surface area contributed by atoms with Crippen molar-refractivity contribution in [2.24, 2.45) is 0 Å². The number of ether oxygens (including phenoxy) is 3. The zero-order valence-corrected chi connectivity index (χ0v) is 20.5. The Balaban J connectivity index is 1.37. The van der Waals surface area contributed by atoms with Gasteiger partial charge in [0.2, 0.25) is 5.88 Å². The highest BCUT2D eigenvalue weighted by Gasteiger charge is 2.10. The largest absolute Gasteiger partial charge is 0.493 e. The summed E-state index contributed by atoms with van der Waals surface area (Å²) in [5.41, 5.74) is 4.68. The summed E-state index contributed by atoms with van der Waals surface area (Å²) in [6, 6.07) is 18.7. The molecule has 184 valence electrons. The summed E-state index contributed by atoms with van der Waals surface area (Å²) < 4.78 is 16.5. The quantitative estimate of drug-likeness (QED) is 0.356. The first-order chi connectivity index (χ1) is 17.6. The summed E-state index contributed by atoms with van der Waals surface area (Å²) >= 11 is 0. The molecule has 2 aromatic carbocycles. The highest BCUT2D eigenvalue weighted by Crippen LogP contribution is 2.28. The minimum Gasteiger partial charge on any atom is -0.493 e. The molecule has 0 bridgehead atoms. The lowest BCUT2D eigenvalue weighted by Crippen LogP contribution is -2.23. The fourth-order valence-corrected chi connectivity index (χ4v) is 3.57. The number of amides is 1. The van der Waals surface area contributed by atoms with Crippen LogP contribution in [0, 0.1) is 6.92 Å². The van der Waals surface area contributed by atoms with E-state index < -0.39 is 0 Å². The van der Waals surface area contributed by atoms with Gasteiger partial charge >= 0.3 is 0 Å². The third-order valence-electron chi connectivity index (χ3n) is 5.50. The molecular formula is C28H28N4O4. The van der Waals surface area contributed by atoms with Crippen LogP contribution < -0.4 is 19.5 Å². The van der Waals surface area contributed by atoms with Crippen LogP contribution in [0.3, 0.4) is 0 Å². The zero-order chi connectivity index (χ0) is 25.3. The molecule has 36 heavy (non-hydrogen) atoms. The molecule has 8 nitrogen and oxygen atoms in total. The molecular weight excluding hydrogens is 456 g/mol. The van der Waals surface area contributed by atoms with Gasteiger partial charge in [-0.3, -0.25) is 14.8 Å². The van der Waals surface area contributed by atoms with E-state index in [1.54, 1.807) is 32.7 Å². The topological polar surface area (TPSA) is 95.5 Å². The van der Waals surface area contributed by atoms with E-state index in [-0.39, 0.29) is 5.91 Å². The van der Waals surface area contributed by atoms with Crippen LogP contribution in [0.5, 0.6) is 17.4 Å². The van der Waals surface area contributed by atoms with Crippen LogP contribution >= 0.6 is 0 Å². The van der Waals surface area contributed by atoms with E-state index in [0.717, 1.165) is 22.5 Å². The Labute approximate surface area is 210 Å². The van der Waals surface area contributed by atoms with E-state index >= 15 is 0 Å². The van der Waals surface area contributed by atoms with Gasteiger partial charge in [-0.15, -0.1) is 0 Å². The molecule has 0 radical (unpaired) electrons. The van der Waals surface area contributed by atoms with Crippen LogP contribution in [0.2, 0.25) is 0 Å². The molecule has 0 fully saturated rings. The first kappa shape index (κ1) is 24.7. The molecule has 2 aromatic heterocycles. The average Bonchev–Trinajstić information content (AvgIpc) is 2.92. The molecule has 0 aliphatic rings. The smallest absolute Gasteiger partial charge is 0.251 e. The van der Waals surface area contributed by atoms with Crippen molar-refractivity contribution >= 4 is 5.91 Å². The first-order valence-electron chi connectivity index (χ1n) is 11.5. The molecule has 8 heteroatoms. The van der Waals surface area contributed by atoms with Crippen molar-refractivity contribution in [2.75, 3.05) is 20.8 Å². The van der Waals surface area contributed by atoms with E-state index in [9.17, 15) is 4.79 Å². The summed E-state index contributed by atoms with van der Waals surface area (Å²) in [5.74, 6) is 1.70. The lowest BCUT2D eigenvalue weighted by molar-refractivity contribution is 0.0950. The lowest BCUT2D eigenvalue weighted by atomic mass is 10.1. The summed E-state index contributed by atoms with van der Waals surface area (Å²) in [6.07, 6.45) is 4.02. The SMILES string of the molecule is COc1ccc(CCOc2cccc(-c3cccc(C(=O)NCc4cnc(C)cn4)c3)n2)cc1OC. The first-order valence-corrected chi connectivity index (χ1v) is 11.5. The molecule has 0 aliphatic heterocycles. The predicted molar refractivity (Wildman–Crippen MR) is 136 cm³/mol. The van der Waals surface area contributed by atoms with Gasteiger partial charge in [0.25, 0.3) is 5.91 Å². The van der Waals surface area contributed by atoms with Crippen LogP contribution in [0.25, 0.3) is 11.3 Å². The number of aromatic nitrogens is 3. The molecule has 4 aromatic rings. The van der Waals surface area contributed by atoms with E-state index in [0.29, 0.717) is 48.2 Å². The van der Waals surface area contributed by atoms with Crippen LogP contribution in [-0.4, -0.2) is 41.7 Å². The lowest BCUT2D eigenvalue weighted by Gasteiger charge is -2.11. The molecule has 1 N–H and O–H groups in total.